The lowest BCUT2D eigenvalue weighted by atomic mass is 10.1. The molecule has 0 unspecified atom stereocenters. The Bertz CT molecular complexity index is 1430. The van der Waals surface area contributed by atoms with Gasteiger partial charge in [-0.2, -0.15) is 0 Å². The van der Waals surface area contributed by atoms with Crippen LogP contribution in [0.4, 0.5) is 5.69 Å². The summed E-state index contributed by atoms with van der Waals surface area (Å²) in [5, 5.41) is 5.04. The average molecular weight is 475 g/mol. The highest BCUT2D eigenvalue weighted by atomic mass is 32.2. The van der Waals surface area contributed by atoms with Crippen molar-refractivity contribution in [2.24, 2.45) is 0 Å². The molecule has 0 radical (unpaired) electrons. The Morgan fingerprint density at radius 1 is 0.853 bits per heavy atom. The first-order valence-electron chi connectivity index (χ1n) is 10.9. The summed E-state index contributed by atoms with van der Waals surface area (Å²) in [6, 6.07) is 25.4. The van der Waals surface area contributed by atoms with E-state index >= 15 is 0 Å². The van der Waals surface area contributed by atoms with Gasteiger partial charge in [-0.05, 0) is 66.6 Å². The number of nitrogens with one attached hydrogen (secondary N) is 2. The van der Waals surface area contributed by atoms with Gasteiger partial charge in [-0.3, -0.25) is 9.52 Å². The summed E-state index contributed by atoms with van der Waals surface area (Å²) in [5.74, 6) is 0.425. The van der Waals surface area contributed by atoms with E-state index < -0.39 is 10.0 Å². The first kappa shape index (κ1) is 23.3. The molecule has 0 aliphatic carbocycles. The second kappa shape index (κ2) is 9.97. The fraction of sp³-hybridized carbons (Fsp3) is 0.148. The molecule has 2 N–H and O–H groups in total. The van der Waals surface area contributed by atoms with Crippen molar-refractivity contribution < 1.29 is 17.9 Å². The number of aryl methyl sites for hydroxylation is 2. The number of ether oxygens (including phenoxy) is 1. The third-order valence-electron chi connectivity index (χ3n) is 5.45. The van der Waals surface area contributed by atoms with Gasteiger partial charge in [0.2, 0.25) is 0 Å². The first-order valence-corrected chi connectivity index (χ1v) is 12.4. The van der Waals surface area contributed by atoms with Crippen LogP contribution in [-0.4, -0.2) is 27.5 Å². The molecule has 0 bridgehead atoms. The zero-order chi connectivity index (χ0) is 24.1. The molecule has 174 valence electrons. The maximum absolute atomic E-state index is 12.7. The maximum Gasteiger partial charge on any atom is 0.261 e. The Balaban J connectivity index is 1.36. The SMILES string of the molecule is Cc1ccc(S(=O)(=O)Nc2cc(C(=O)NCCOc3ccc4ccccc4c3)ccc2C)cc1. The number of amides is 1. The molecule has 4 rings (SSSR count). The summed E-state index contributed by atoms with van der Waals surface area (Å²) < 4.78 is 33.8. The minimum absolute atomic E-state index is 0.165. The quantitative estimate of drug-likeness (QED) is 0.349. The molecule has 0 fully saturated rings. The van der Waals surface area contributed by atoms with Gasteiger partial charge in [0.1, 0.15) is 12.4 Å². The second-order valence-corrected chi connectivity index (χ2v) is 9.74. The van der Waals surface area contributed by atoms with E-state index in [1.54, 1.807) is 49.4 Å². The van der Waals surface area contributed by atoms with Crippen LogP contribution < -0.4 is 14.8 Å². The summed E-state index contributed by atoms with van der Waals surface area (Å²) in [6.45, 7) is 4.29. The van der Waals surface area contributed by atoms with Crippen molar-refractivity contribution in [3.8, 4) is 5.75 Å². The van der Waals surface area contributed by atoms with Crippen molar-refractivity contribution in [2.45, 2.75) is 18.7 Å². The van der Waals surface area contributed by atoms with Crippen molar-refractivity contribution in [3.05, 3.63) is 102 Å². The van der Waals surface area contributed by atoms with E-state index in [2.05, 4.69) is 10.0 Å². The molecule has 0 aromatic heterocycles. The van der Waals surface area contributed by atoms with Crippen LogP contribution in [0.25, 0.3) is 10.8 Å². The van der Waals surface area contributed by atoms with Crippen LogP contribution in [0.1, 0.15) is 21.5 Å². The van der Waals surface area contributed by atoms with Crippen LogP contribution in [0.3, 0.4) is 0 Å². The third kappa shape index (κ3) is 5.55. The molecule has 4 aromatic carbocycles. The van der Waals surface area contributed by atoms with Gasteiger partial charge in [0, 0.05) is 5.56 Å². The third-order valence-corrected chi connectivity index (χ3v) is 6.83. The van der Waals surface area contributed by atoms with E-state index in [0.29, 0.717) is 30.0 Å². The normalized spacial score (nSPS) is 11.2. The largest absolute Gasteiger partial charge is 0.492 e. The molecule has 0 spiro atoms. The molecule has 6 nitrogen and oxygen atoms in total. The van der Waals surface area contributed by atoms with E-state index in [1.807, 2.05) is 49.4 Å². The molecular formula is C27H26N2O4S. The van der Waals surface area contributed by atoms with Gasteiger partial charge in [0.05, 0.1) is 17.1 Å². The van der Waals surface area contributed by atoms with Gasteiger partial charge in [0.25, 0.3) is 15.9 Å². The molecule has 0 atom stereocenters. The van der Waals surface area contributed by atoms with Gasteiger partial charge in [-0.15, -0.1) is 0 Å². The molecule has 4 aromatic rings. The van der Waals surface area contributed by atoms with Gasteiger partial charge >= 0.3 is 0 Å². The number of fused-ring (bicyclic) bond motifs is 1. The summed E-state index contributed by atoms with van der Waals surface area (Å²) in [7, 11) is -3.76. The predicted molar refractivity (Wildman–Crippen MR) is 135 cm³/mol. The lowest BCUT2D eigenvalue weighted by Crippen LogP contribution is -2.28. The zero-order valence-electron chi connectivity index (χ0n) is 19.0. The fourth-order valence-electron chi connectivity index (χ4n) is 3.49. The highest BCUT2D eigenvalue weighted by molar-refractivity contribution is 7.92. The highest BCUT2D eigenvalue weighted by Crippen LogP contribution is 2.22. The minimum Gasteiger partial charge on any atom is -0.492 e. The first-order chi connectivity index (χ1) is 16.3. The average Bonchev–Trinajstić information content (AvgIpc) is 2.83. The molecule has 0 saturated carbocycles. The Hall–Kier alpha value is -3.84. The Kier molecular flexibility index (Phi) is 6.84. The number of carbonyl (C=O) groups is 1. The fourth-order valence-corrected chi connectivity index (χ4v) is 4.61. The monoisotopic (exact) mass is 474 g/mol. The van der Waals surface area contributed by atoms with E-state index in [-0.39, 0.29) is 10.8 Å². The Labute approximate surface area is 199 Å². The van der Waals surface area contributed by atoms with Crippen LogP contribution in [-0.2, 0) is 10.0 Å². The summed E-state index contributed by atoms with van der Waals surface area (Å²) in [5.41, 5.74) is 2.41. The maximum atomic E-state index is 12.7. The molecule has 0 saturated heterocycles. The number of hydrogen-bond acceptors (Lipinski definition) is 4. The molecule has 7 heteroatoms. The van der Waals surface area contributed by atoms with Crippen molar-refractivity contribution in [3.63, 3.8) is 0 Å². The van der Waals surface area contributed by atoms with Crippen LogP contribution in [0.5, 0.6) is 5.75 Å². The zero-order valence-corrected chi connectivity index (χ0v) is 19.9. The molecule has 0 heterocycles. The molecule has 34 heavy (non-hydrogen) atoms. The highest BCUT2D eigenvalue weighted by Gasteiger charge is 2.16. The molecule has 1 amide bonds. The molecule has 0 aliphatic rings. The van der Waals surface area contributed by atoms with Crippen molar-refractivity contribution >= 4 is 32.4 Å². The lowest BCUT2D eigenvalue weighted by molar-refractivity contribution is 0.0947. The number of hydrogen-bond donors (Lipinski definition) is 2. The topological polar surface area (TPSA) is 84.5 Å². The standard InChI is InChI=1S/C27H26N2O4S/c1-19-7-13-25(14-8-19)34(31,32)29-26-18-23(10-9-20(26)2)27(30)28-15-16-33-24-12-11-21-5-3-4-6-22(21)17-24/h3-14,17-18,29H,15-16H2,1-2H3,(H,28,30). The van der Waals surface area contributed by atoms with E-state index in [9.17, 15) is 13.2 Å². The van der Waals surface area contributed by atoms with E-state index in [0.717, 1.165) is 22.1 Å². The number of sulfonamides is 1. The predicted octanol–water partition coefficient (Wildman–Crippen LogP) is 5.07. The van der Waals surface area contributed by atoms with Gasteiger partial charge in [-0.1, -0.05) is 54.1 Å². The van der Waals surface area contributed by atoms with E-state index in [4.69, 9.17) is 4.74 Å². The summed E-state index contributed by atoms with van der Waals surface area (Å²) in [6.07, 6.45) is 0. The number of rotatable bonds is 8. The minimum atomic E-state index is -3.76. The van der Waals surface area contributed by atoms with Crippen molar-refractivity contribution in [1.82, 2.24) is 5.32 Å². The van der Waals surface area contributed by atoms with Gasteiger partial charge in [0.15, 0.2) is 0 Å². The smallest absolute Gasteiger partial charge is 0.261 e. The lowest BCUT2D eigenvalue weighted by Gasteiger charge is -2.13. The number of carbonyl (C=O) groups excluding carboxylic acids is 1. The Morgan fingerprint density at radius 2 is 1.59 bits per heavy atom. The van der Waals surface area contributed by atoms with Crippen molar-refractivity contribution in [1.29, 1.82) is 0 Å². The van der Waals surface area contributed by atoms with Crippen LogP contribution >= 0.6 is 0 Å². The summed E-state index contributed by atoms with van der Waals surface area (Å²) >= 11 is 0. The van der Waals surface area contributed by atoms with Gasteiger partial charge < -0.3 is 10.1 Å². The summed E-state index contributed by atoms with van der Waals surface area (Å²) in [4.78, 5) is 12.8. The molecule has 0 aliphatic heterocycles. The molecular weight excluding hydrogens is 448 g/mol. The Morgan fingerprint density at radius 3 is 2.35 bits per heavy atom. The van der Waals surface area contributed by atoms with Crippen LogP contribution in [0.2, 0.25) is 0 Å². The second-order valence-electron chi connectivity index (χ2n) is 8.06. The number of anilines is 1. The van der Waals surface area contributed by atoms with Crippen LogP contribution in [0, 0.1) is 13.8 Å². The van der Waals surface area contributed by atoms with Crippen molar-refractivity contribution in [2.75, 3.05) is 17.9 Å². The van der Waals surface area contributed by atoms with E-state index in [1.165, 1.54) is 0 Å². The number of benzene rings is 4. The van der Waals surface area contributed by atoms with Crippen LogP contribution in [0.15, 0.2) is 89.8 Å². The van der Waals surface area contributed by atoms with Gasteiger partial charge in [-0.25, -0.2) is 8.42 Å².